The molecule has 5 nitrogen and oxygen atoms in total. The maximum Gasteiger partial charge on any atom is 0.272 e. The zero-order valence-corrected chi connectivity index (χ0v) is 18.1. The molecule has 30 heavy (non-hydrogen) atoms. The maximum absolute atomic E-state index is 13.3. The highest BCUT2D eigenvalue weighted by Crippen LogP contribution is 2.38. The van der Waals surface area contributed by atoms with Gasteiger partial charge in [0.05, 0.1) is 5.69 Å². The van der Waals surface area contributed by atoms with Crippen LogP contribution < -0.4 is 15.0 Å². The van der Waals surface area contributed by atoms with Gasteiger partial charge in [-0.05, 0) is 57.7 Å². The first-order valence-corrected chi connectivity index (χ1v) is 11.3. The van der Waals surface area contributed by atoms with Gasteiger partial charge in [-0.15, -0.1) is 0 Å². The third-order valence-corrected chi connectivity index (χ3v) is 6.45. The first-order valence-electron chi connectivity index (χ1n) is 11.3. The fourth-order valence-corrected chi connectivity index (χ4v) is 4.89. The van der Waals surface area contributed by atoms with Gasteiger partial charge in [0.25, 0.3) is 5.91 Å². The monoisotopic (exact) mass is 407 g/mol. The Labute approximate surface area is 179 Å². The van der Waals surface area contributed by atoms with Crippen LogP contribution in [0, 0.1) is 0 Å². The van der Waals surface area contributed by atoms with Crippen LogP contribution in [0.3, 0.4) is 0 Å². The fraction of sp³-hybridized carbons (Fsp3) is 0.520. The van der Waals surface area contributed by atoms with Gasteiger partial charge in [0.15, 0.2) is 0 Å². The van der Waals surface area contributed by atoms with Gasteiger partial charge in [0, 0.05) is 36.1 Å². The van der Waals surface area contributed by atoms with Crippen LogP contribution in [-0.2, 0) is 4.79 Å². The van der Waals surface area contributed by atoms with Crippen LogP contribution in [0.25, 0.3) is 0 Å². The van der Waals surface area contributed by atoms with E-state index in [1.165, 1.54) is 32.1 Å². The molecule has 1 fully saturated rings. The molecule has 2 aliphatic rings. The Balaban J connectivity index is 1.37. The molecule has 1 N–H and O–H groups in total. The van der Waals surface area contributed by atoms with E-state index in [-0.39, 0.29) is 11.4 Å². The molecule has 3 atom stereocenters. The number of fused-ring (bicyclic) bond motifs is 1. The number of hydrogen-bond acceptors (Lipinski definition) is 4. The third kappa shape index (κ3) is 4.67. The molecule has 160 valence electrons. The number of nitrogens with zero attached hydrogens (tertiary/aromatic N) is 2. The number of piperidine rings is 1. The van der Waals surface area contributed by atoms with E-state index in [0.29, 0.717) is 6.04 Å². The Morgan fingerprint density at radius 3 is 2.87 bits per heavy atom. The van der Waals surface area contributed by atoms with Gasteiger partial charge >= 0.3 is 0 Å². The van der Waals surface area contributed by atoms with Crippen LogP contribution in [0.5, 0.6) is 5.75 Å². The summed E-state index contributed by atoms with van der Waals surface area (Å²) in [6.07, 6.45) is 11.2. The summed E-state index contributed by atoms with van der Waals surface area (Å²) in [6, 6.07) is 12.2. The predicted molar refractivity (Wildman–Crippen MR) is 120 cm³/mol. The number of nitrogens with one attached hydrogen (secondary N) is 1. The Morgan fingerprint density at radius 2 is 2.07 bits per heavy atom. The SMILES string of the molecule is C[C@H]1CCC[C@@](C)(CCCCCN2C(=O)C(c3cccnc3)Oc3ccccc32)N1. The Bertz CT molecular complexity index is 856. The Hall–Kier alpha value is -2.40. The van der Waals surface area contributed by atoms with Crippen molar-refractivity contribution in [2.75, 3.05) is 11.4 Å². The largest absolute Gasteiger partial charge is 0.474 e. The van der Waals surface area contributed by atoms with Crippen molar-refractivity contribution in [3.63, 3.8) is 0 Å². The second kappa shape index (κ2) is 9.17. The van der Waals surface area contributed by atoms with E-state index in [9.17, 15) is 4.79 Å². The number of benzene rings is 1. The number of carbonyl (C=O) groups is 1. The summed E-state index contributed by atoms with van der Waals surface area (Å²) in [6.45, 7) is 5.37. The summed E-state index contributed by atoms with van der Waals surface area (Å²) >= 11 is 0. The van der Waals surface area contributed by atoms with E-state index in [1.807, 2.05) is 41.3 Å². The summed E-state index contributed by atoms with van der Waals surface area (Å²) in [4.78, 5) is 19.3. The number of unbranched alkanes of at least 4 members (excludes halogenated alkanes) is 2. The molecule has 0 radical (unpaired) electrons. The van der Waals surface area contributed by atoms with Crippen LogP contribution in [-0.4, -0.2) is 29.0 Å². The van der Waals surface area contributed by atoms with E-state index in [1.54, 1.807) is 12.4 Å². The highest BCUT2D eigenvalue weighted by atomic mass is 16.5. The zero-order valence-electron chi connectivity index (χ0n) is 18.1. The second-order valence-electron chi connectivity index (χ2n) is 9.05. The smallest absolute Gasteiger partial charge is 0.272 e. The lowest BCUT2D eigenvalue weighted by atomic mass is 9.84. The molecule has 1 aromatic heterocycles. The minimum absolute atomic E-state index is 0.00330. The van der Waals surface area contributed by atoms with Crippen molar-refractivity contribution in [1.29, 1.82) is 0 Å². The number of hydrogen-bond donors (Lipinski definition) is 1. The van der Waals surface area contributed by atoms with Gasteiger partial charge in [-0.2, -0.15) is 0 Å². The summed E-state index contributed by atoms with van der Waals surface area (Å²) in [5.41, 5.74) is 1.94. The number of amides is 1. The van der Waals surface area contributed by atoms with Gasteiger partial charge in [-0.25, -0.2) is 0 Å². The van der Waals surface area contributed by atoms with Crippen molar-refractivity contribution in [2.45, 2.75) is 76.5 Å². The molecule has 0 aliphatic carbocycles. The predicted octanol–water partition coefficient (Wildman–Crippen LogP) is 5.03. The van der Waals surface area contributed by atoms with Gasteiger partial charge in [0.1, 0.15) is 5.75 Å². The van der Waals surface area contributed by atoms with Crippen molar-refractivity contribution in [3.05, 3.63) is 54.4 Å². The normalized spacial score (nSPS) is 26.2. The standard InChI is InChI=1S/C25H33N3O2/c1-19-10-8-15-25(2,27-19)14-6-3-7-17-28-21-12-4-5-13-22(21)30-23(24(28)29)20-11-9-16-26-18-20/h4-5,9,11-13,16,18-19,23,27H,3,6-8,10,14-15,17H2,1-2H3/t19-,23?,25+/m0/s1. The molecule has 1 amide bonds. The number of pyridine rings is 1. The molecule has 4 rings (SSSR count). The molecule has 1 saturated heterocycles. The molecule has 2 aromatic rings. The van der Waals surface area contributed by atoms with Crippen molar-refractivity contribution in [1.82, 2.24) is 10.3 Å². The van der Waals surface area contributed by atoms with Crippen LogP contribution >= 0.6 is 0 Å². The second-order valence-corrected chi connectivity index (χ2v) is 9.05. The lowest BCUT2D eigenvalue weighted by Gasteiger charge is -2.39. The highest BCUT2D eigenvalue weighted by Gasteiger charge is 2.35. The van der Waals surface area contributed by atoms with E-state index in [0.717, 1.165) is 36.4 Å². The van der Waals surface area contributed by atoms with Crippen molar-refractivity contribution >= 4 is 11.6 Å². The maximum atomic E-state index is 13.3. The number of anilines is 1. The van der Waals surface area contributed by atoms with Crippen LogP contribution in [0.1, 0.15) is 70.5 Å². The van der Waals surface area contributed by atoms with E-state index in [2.05, 4.69) is 24.1 Å². The summed E-state index contributed by atoms with van der Waals surface area (Å²) < 4.78 is 6.05. The quantitative estimate of drug-likeness (QED) is 0.654. The fourth-order valence-electron chi connectivity index (χ4n) is 4.89. The van der Waals surface area contributed by atoms with Gasteiger partial charge in [-0.3, -0.25) is 9.78 Å². The van der Waals surface area contributed by atoms with Crippen LogP contribution in [0.4, 0.5) is 5.69 Å². The molecule has 2 aliphatic heterocycles. The van der Waals surface area contributed by atoms with Gasteiger partial charge in [0.2, 0.25) is 6.10 Å². The lowest BCUT2D eigenvalue weighted by Crippen LogP contribution is -2.50. The Morgan fingerprint density at radius 1 is 1.20 bits per heavy atom. The lowest BCUT2D eigenvalue weighted by molar-refractivity contribution is -0.126. The summed E-state index contributed by atoms with van der Waals surface area (Å²) in [7, 11) is 0. The average Bonchev–Trinajstić information content (AvgIpc) is 2.75. The molecular weight excluding hydrogens is 374 g/mol. The molecule has 3 heterocycles. The summed E-state index contributed by atoms with van der Waals surface area (Å²) in [5, 5.41) is 3.79. The molecule has 5 heteroatoms. The molecule has 1 unspecified atom stereocenters. The minimum Gasteiger partial charge on any atom is -0.474 e. The average molecular weight is 408 g/mol. The highest BCUT2D eigenvalue weighted by molar-refractivity contribution is 6.00. The van der Waals surface area contributed by atoms with E-state index >= 15 is 0 Å². The van der Waals surface area contributed by atoms with E-state index < -0.39 is 6.10 Å². The number of carbonyl (C=O) groups excluding carboxylic acids is 1. The zero-order chi connectivity index (χ0) is 21.0. The molecule has 0 spiro atoms. The first kappa shape index (κ1) is 20.9. The summed E-state index contributed by atoms with van der Waals surface area (Å²) in [5.74, 6) is 0.760. The Kier molecular flexibility index (Phi) is 6.38. The first-order chi connectivity index (χ1) is 14.6. The van der Waals surface area contributed by atoms with E-state index in [4.69, 9.17) is 4.74 Å². The third-order valence-electron chi connectivity index (χ3n) is 6.45. The molecule has 0 saturated carbocycles. The molecular formula is C25H33N3O2. The van der Waals surface area contributed by atoms with Gasteiger partial charge < -0.3 is 15.0 Å². The van der Waals surface area contributed by atoms with Crippen LogP contribution in [0.2, 0.25) is 0 Å². The van der Waals surface area contributed by atoms with Crippen molar-refractivity contribution in [2.24, 2.45) is 0 Å². The van der Waals surface area contributed by atoms with Gasteiger partial charge in [-0.1, -0.05) is 37.5 Å². The number of ether oxygens (including phenoxy) is 1. The minimum atomic E-state index is -0.625. The number of aromatic nitrogens is 1. The number of rotatable bonds is 7. The topological polar surface area (TPSA) is 54.5 Å². The molecule has 0 bridgehead atoms. The molecule has 1 aromatic carbocycles. The number of para-hydroxylation sites is 2. The van der Waals surface area contributed by atoms with Crippen LogP contribution in [0.15, 0.2) is 48.8 Å². The van der Waals surface area contributed by atoms with Crippen molar-refractivity contribution in [3.8, 4) is 5.75 Å². The van der Waals surface area contributed by atoms with Crippen molar-refractivity contribution < 1.29 is 9.53 Å².